The summed E-state index contributed by atoms with van der Waals surface area (Å²) in [6.45, 7) is 0. The Balaban J connectivity index is 0.000000360. The van der Waals surface area contributed by atoms with Gasteiger partial charge in [0.05, 0.1) is 0 Å². The van der Waals surface area contributed by atoms with Crippen molar-refractivity contribution >= 4 is 31.5 Å². The van der Waals surface area contributed by atoms with Crippen LogP contribution >= 0.6 is 12.6 Å². The van der Waals surface area contributed by atoms with Crippen LogP contribution in [-0.2, 0) is 0 Å². The summed E-state index contributed by atoms with van der Waals surface area (Å²) >= 11 is 4.29. The van der Waals surface area contributed by atoms with Crippen molar-refractivity contribution in [1.82, 2.24) is 0 Å². The van der Waals surface area contributed by atoms with Crippen LogP contribution in [0.4, 0.5) is 0 Å². The van der Waals surface area contributed by atoms with Gasteiger partial charge in [-0.25, -0.2) is 0 Å². The van der Waals surface area contributed by atoms with Crippen molar-refractivity contribution in [3.05, 3.63) is 0 Å². The summed E-state index contributed by atoms with van der Waals surface area (Å²) in [5, 5.41) is 0.741. The summed E-state index contributed by atoms with van der Waals surface area (Å²) in [7, 11) is 0. The number of rotatable bonds is 0. The topological polar surface area (TPSA) is 0 Å². The van der Waals surface area contributed by atoms with Gasteiger partial charge in [-0.2, -0.15) is 12.6 Å². The first-order valence-electron chi connectivity index (χ1n) is 2.57. The first kappa shape index (κ1) is 7.95. The van der Waals surface area contributed by atoms with Crippen LogP contribution in [0.3, 0.4) is 0 Å². The summed E-state index contributed by atoms with van der Waals surface area (Å²) < 4.78 is 0. The molecule has 1 aliphatic carbocycles. The molecule has 0 nitrogen and oxygen atoms in total. The zero-order valence-corrected chi connectivity index (χ0v) is 5.75. The van der Waals surface area contributed by atoms with Crippen LogP contribution in [0.1, 0.15) is 25.7 Å². The molecule has 0 aromatic rings. The van der Waals surface area contributed by atoms with E-state index in [1.807, 2.05) is 0 Å². The average molecular weight is 109 g/mol. The third-order valence-electron chi connectivity index (χ3n) is 1.32. The molecule has 0 amide bonds. The molecule has 1 fully saturated rings. The monoisotopic (exact) mass is 109 g/mol. The maximum absolute atomic E-state index is 4.29. The van der Waals surface area contributed by atoms with E-state index in [-0.39, 0.29) is 18.9 Å². The SMILES string of the molecule is SC1CCCC1.[Li]. The van der Waals surface area contributed by atoms with Crippen LogP contribution in [0, 0.1) is 0 Å². The normalized spacial score (nSPS) is 21.9. The molecule has 0 N–H and O–H groups in total. The van der Waals surface area contributed by atoms with E-state index in [9.17, 15) is 0 Å². The predicted octanol–water partition coefficient (Wildman–Crippen LogP) is 1.48. The van der Waals surface area contributed by atoms with E-state index in [1.54, 1.807) is 0 Å². The standard InChI is InChI=1S/C5H10S.Li/c6-5-3-1-2-4-5;/h5-6H,1-4H2;. The van der Waals surface area contributed by atoms with Crippen molar-refractivity contribution < 1.29 is 0 Å². The van der Waals surface area contributed by atoms with E-state index in [2.05, 4.69) is 12.6 Å². The van der Waals surface area contributed by atoms with Crippen LogP contribution in [0.5, 0.6) is 0 Å². The Morgan fingerprint density at radius 2 is 1.57 bits per heavy atom. The molecule has 7 heavy (non-hydrogen) atoms. The summed E-state index contributed by atoms with van der Waals surface area (Å²) in [6, 6.07) is 0. The molecule has 0 heterocycles. The molecule has 0 atom stereocenters. The van der Waals surface area contributed by atoms with Gasteiger partial charge >= 0.3 is 0 Å². The van der Waals surface area contributed by atoms with E-state index in [0.717, 1.165) is 5.25 Å². The molecule has 1 radical (unpaired) electrons. The van der Waals surface area contributed by atoms with Gasteiger partial charge in [-0.1, -0.05) is 12.8 Å². The fourth-order valence-electron chi connectivity index (χ4n) is 0.904. The predicted molar refractivity (Wildman–Crippen MR) is 37.0 cm³/mol. The minimum absolute atomic E-state index is 0. The van der Waals surface area contributed by atoms with Gasteiger partial charge in [0.1, 0.15) is 0 Å². The summed E-state index contributed by atoms with van der Waals surface area (Å²) in [5.41, 5.74) is 0. The quantitative estimate of drug-likeness (QED) is 0.353. The zero-order valence-electron chi connectivity index (χ0n) is 4.85. The second-order valence-electron chi connectivity index (χ2n) is 1.94. The molecule has 0 saturated heterocycles. The third kappa shape index (κ3) is 2.69. The molecular weight excluding hydrogens is 99.1 g/mol. The van der Waals surface area contributed by atoms with Gasteiger partial charge < -0.3 is 0 Å². The van der Waals surface area contributed by atoms with Gasteiger partial charge in [-0.05, 0) is 12.8 Å². The molecule has 1 rings (SSSR count). The van der Waals surface area contributed by atoms with E-state index in [0.29, 0.717) is 0 Å². The smallest absolute Gasteiger partial charge is 0.00168 e. The molecule has 0 spiro atoms. The molecule has 0 bridgehead atoms. The first-order valence-corrected chi connectivity index (χ1v) is 3.09. The van der Waals surface area contributed by atoms with Gasteiger partial charge in [0, 0.05) is 24.1 Å². The van der Waals surface area contributed by atoms with Crippen LogP contribution in [-0.4, -0.2) is 24.1 Å². The van der Waals surface area contributed by atoms with Gasteiger partial charge in [-0.3, -0.25) is 0 Å². The molecule has 0 aromatic heterocycles. The molecule has 2 heteroatoms. The molecule has 1 aliphatic rings. The second-order valence-corrected chi connectivity index (χ2v) is 2.67. The summed E-state index contributed by atoms with van der Waals surface area (Å²) in [6.07, 6.45) is 5.52. The first-order chi connectivity index (χ1) is 2.89. The molecule has 37 valence electrons. The summed E-state index contributed by atoms with van der Waals surface area (Å²) in [4.78, 5) is 0. The third-order valence-corrected chi connectivity index (χ3v) is 1.84. The minimum atomic E-state index is 0. The van der Waals surface area contributed by atoms with E-state index >= 15 is 0 Å². The maximum Gasteiger partial charge on any atom is 0.00168 e. The van der Waals surface area contributed by atoms with Crippen LogP contribution in [0.25, 0.3) is 0 Å². The second kappa shape index (κ2) is 3.89. The average Bonchev–Trinajstić information content (AvgIpc) is 1.86. The van der Waals surface area contributed by atoms with Crippen molar-refractivity contribution in [2.45, 2.75) is 30.9 Å². The maximum atomic E-state index is 4.29. The Bertz CT molecular complexity index is 41.3. The van der Waals surface area contributed by atoms with E-state index < -0.39 is 0 Å². The Hall–Kier alpha value is 0.947. The molecule has 0 unspecified atom stereocenters. The van der Waals surface area contributed by atoms with Gasteiger partial charge in [0.2, 0.25) is 0 Å². The molecular formula is C5H10LiS. The molecule has 0 aliphatic heterocycles. The van der Waals surface area contributed by atoms with E-state index in [1.165, 1.54) is 25.7 Å². The van der Waals surface area contributed by atoms with E-state index in [4.69, 9.17) is 0 Å². The van der Waals surface area contributed by atoms with Crippen molar-refractivity contribution in [3.63, 3.8) is 0 Å². The Morgan fingerprint density at radius 1 is 1.14 bits per heavy atom. The van der Waals surface area contributed by atoms with Crippen molar-refractivity contribution in [2.75, 3.05) is 0 Å². The van der Waals surface area contributed by atoms with Crippen molar-refractivity contribution in [1.29, 1.82) is 0 Å². The van der Waals surface area contributed by atoms with Gasteiger partial charge in [0.15, 0.2) is 0 Å². The van der Waals surface area contributed by atoms with Gasteiger partial charge in [-0.15, -0.1) is 0 Å². The van der Waals surface area contributed by atoms with Crippen LogP contribution in [0.2, 0.25) is 0 Å². The Labute approximate surface area is 62.6 Å². The van der Waals surface area contributed by atoms with Gasteiger partial charge in [0.25, 0.3) is 0 Å². The number of thiol groups is 1. The fraction of sp³-hybridized carbons (Fsp3) is 1.00. The number of hydrogen-bond acceptors (Lipinski definition) is 1. The summed E-state index contributed by atoms with van der Waals surface area (Å²) in [5.74, 6) is 0. The minimum Gasteiger partial charge on any atom is -0.176 e. The van der Waals surface area contributed by atoms with Crippen molar-refractivity contribution in [3.8, 4) is 0 Å². The molecule has 1 saturated carbocycles. The van der Waals surface area contributed by atoms with Crippen LogP contribution in [0.15, 0.2) is 0 Å². The van der Waals surface area contributed by atoms with Crippen molar-refractivity contribution in [2.24, 2.45) is 0 Å². The van der Waals surface area contributed by atoms with Crippen LogP contribution < -0.4 is 0 Å². The Morgan fingerprint density at radius 3 is 1.71 bits per heavy atom. The largest absolute Gasteiger partial charge is 0.176 e. The zero-order chi connectivity index (χ0) is 4.41. The Kier molecular flexibility index (Phi) is 4.42. The number of hydrogen-bond donors (Lipinski definition) is 1. The fourth-order valence-corrected chi connectivity index (χ4v) is 1.27. The molecule has 0 aromatic carbocycles.